The molecule has 0 saturated heterocycles. The fourth-order valence-corrected chi connectivity index (χ4v) is 7.10. The molecule has 0 aromatic heterocycles. The molecule has 8 unspecified atom stereocenters. The van der Waals surface area contributed by atoms with Gasteiger partial charge in [-0.1, -0.05) is 25.5 Å². The molecule has 0 radical (unpaired) electrons. The van der Waals surface area contributed by atoms with Crippen molar-refractivity contribution in [3.05, 3.63) is 23.8 Å². The third kappa shape index (κ3) is 1.93. The summed E-state index contributed by atoms with van der Waals surface area (Å²) in [5.74, 6) is -2.04. The van der Waals surface area contributed by atoms with Gasteiger partial charge in [0.15, 0.2) is 11.5 Å². The number of carbonyl (C=O) groups is 2. The number of carboxylic acids is 1. The van der Waals surface area contributed by atoms with E-state index in [9.17, 15) is 19.8 Å². The van der Waals surface area contributed by atoms with Crippen LogP contribution in [0.3, 0.4) is 0 Å². The lowest BCUT2D eigenvalue weighted by molar-refractivity contribution is -0.198. The molecule has 0 spiro atoms. The number of rotatable bonds is 1. The van der Waals surface area contributed by atoms with Crippen LogP contribution in [-0.2, 0) is 9.59 Å². The molecule has 3 fully saturated rings. The van der Waals surface area contributed by atoms with E-state index in [4.69, 9.17) is 0 Å². The SMILES string of the molecule is CC1CC2C3CCC4=CC(=O)C=CC4(C)C3(F)C(O)CC2(C)C1C(=O)O. The summed E-state index contributed by atoms with van der Waals surface area (Å²) in [5, 5.41) is 20.8. The van der Waals surface area contributed by atoms with E-state index in [2.05, 4.69) is 0 Å². The number of hydrogen-bond acceptors (Lipinski definition) is 3. The molecule has 8 atom stereocenters. The van der Waals surface area contributed by atoms with Gasteiger partial charge in [-0.3, -0.25) is 9.59 Å². The summed E-state index contributed by atoms with van der Waals surface area (Å²) in [6, 6.07) is 0. The van der Waals surface area contributed by atoms with E-state index >= 15 is 4.39 Å². The van der Waals surface area contributed by atoms with Crippen molar-refractivity contribution >= 4 is 11.8 Å². The van der Waals surface area contributed by atoms with Crippen molar-refractivity contribution in [2.45, 2.75) is 58.2 Å². The van der Waals surface area contributed by atoms with Crippen molar-refractivity contribution in [3.63, 3.8) is 0 Å². The predicted molar refractivity (Wildman–Crippen MR) is 94.0 cm³/mol. The summed E-state index contributed by atoms with van der Waals surface area (Å²) in [4.78, 5) is 23.7. The van der Waals surface area contributed by atoms with Crippen molar-refractivity contribution in [1.29, 1.82) is 0 Å². The van der Waals surface area contributed by atoms with Crippen molar-refractivity contribution in [3.8, 4) is 0 Å². The van der Waals surface area contributed by atoms with Crippen molar-refractivity contribution in [2.24, 2.45) is 34.5 Å². The van der Waals surface area contributed by atoms with Crippen LogP contribution in [0.15, 0.2) is 23.8 Å². The van der Waals surface area contributed by atoms with Crippen LogP contribution in [0, 0.1) is 34.5 Å². The van der Waals surface area contributed by atoms with Gasteiger partial charge in [-0.2, -0.15) is 0 Å². The molecular weight excluding hydrogens is 335 g/mol. The first kappa shape index (κ1) is 17.9. The van der Waals surface area contributed by atoms with Crippen LogP contribution in [0.2, 0.25) is 0 Å². The molecule has 26 heavy (non-hydrogen) atoms. The Kier molecular flexibility index (Phi) is 3.63. The highest BCUT2D eigenvalue weighted by atomic mass is 19.1. The van der Waals surface area contributed by atoms with E-state index in [-0.39, 0.29) is 24.0 Å². The number of carboxylic acid groups (broad SMARTS) is 1. The molecule has 0 heterocycles. The first-order valence-corrected chi connectivity index (χ1v) is 9.59. The van der Waals surface area contributed by atoms with Crippen LogP contribution in [0.5, 0.6) is 0 Å². The van der Waals surface area contributed by atoms with Crippen LogP contribution in [0.1, 0.15) is 46.5 Å². The Hall–Kier alpha value is -1.49. The van der Waals surface area contributed by atoms with Gasteiger partial charge in [0, 0.05) is 11.3 Å². The topological polar surface area (TPSA) is 74.6 Å². The van der Waals surface area contributed by atoms with E-state index in [1.165, 1.54) is 12.2 Å². The average molecular weight is 362 g/mol. The lowest BCUT2D eigenvalue weighted by atomic mass is 9.45. The first-order chi connectivity index (χ1) is 12.1. The Morgan fingerprint density at radius 1 is 1.31 bits per heavy atom. The maximum absolute atomic E-state index is 16.7. The minimum Gasteiger partial charge on any atom is -0.481 e. The Labute approximate surface area is 153 Å². The summed E-state index contributed by atoms with van der Waals surface area (Å²) in [5.41, 5.74) is -2.72. The van der Waals surface area contributed by atoms with Gasteiger partial charge in [0.25, 0.3) is 0 Å². The Bertz CT molecular complexity index is 742. The molecule has 4 rings (SSSR count). The molecule has 4 aliphatic rings. The summed E-state index contributed by atoms with van der Waals surface area (Å²) >= 11 is 0. The summed E-state index contributed by atoms with van der Waals surface area (Å²) in [6.07, 6.45) is 5.32. The number of aliphatic hydroxyl groups is 1. The van der Waals surface area contributed by atoms with E-state index in [1.54, 1.807) is 13.0 Å². The van der Waals surface area contributed by atoms with Crippen LogP contribution < -0.4 is 0 Å². The summed E-state index contributed by atoms with van der Waals surface area (Å²) < 4.78 is 16.7. The van der Waals surface area contributed by atoms with Crippen LogP contribution in [0.4, 0.5) is 4.39 Å². The minimum atomic E-state index is -1.87. The molecule has 5 heteroatoms. The molecule has 0 aromatic rings. The van der Waals surface area contributed by atoms with Gasteiger partial charge in [0.1, 0.15) is 0 Å². The minimum absolute atomic E-state index is 0.0368. The van der Waals surface area contributed by atoms with E-state index in [1.807, 2.05) is 13.8 Å². The molecule has 3 saturated carbocycles. The van der Waals surface area contributed by atoms with Crippen molar-refractivity contribution in [2.75, 3.05) is 0 Å². The number of hydrogen-bond donors (Lipinski definition) is 2. The molecular formula is C21H27FO4. The van der Waals surface area contributed by atoms with Gasteiger partial charge in [-0.15, -0.1) is 0 Å². The van der Waals surface area contributed by atoms with E-state index < -0.39 is 40.4 Å². The molecule has 4 nitrogen and oxygen atoms in total. The van der Waals surface area contributed by atoms with Gasteiger partial charge in [0.05, 0.1) is 12.0 Å². The Balaban J connectivity index is 1.82. The smallest absolute Gasteiger partial charge is 0.307 e. The number of ketones is 1. The molecule has 2 N–H and O–H groups in total. The third-order valence-electron chi connectivity index (χ3n) is 8.25. The zero-order valence-electron chi connectivity index (χ0n) is 15.5. The highest BCUT2D eigenvalue weighted by Gasteiger charge is 2.71. The fraction of sp³-hybridized carbons (Fsp3) is 0.714. The van der Waals surface area contributed by atoms with Gasteiger partial charge in [-0.25, -0.2) is 4.39 Å². The number of allylic oxidation sites excluding steroid dienone is 4. The highest BCUT2D eigenvalue weighted by Crippen LogP contribution is 2.69. The number of aliphatic carboxylic acids is 1. The third-order valence-corrected chi connectivity index (χ3v) is 8.25. The number of fused-ring (bicyclic) bond motifs is 5. The molecule has 0 aromatic carbocycles. The van der Waals surface area contributed by atoms with Gasteiger partial charge >= 0.3 is 5.97 Å². The lowest BCUT2D eigenvalue weighted by Crippen LogP contribution is -2.66. The predicted octanol–water partition coefficient (Wildman–Crippen LogP) is 3.30. The number of halogens is 1. The van der Waals surface area contributed by atoms with Crippen LogP contribution >= 0.6 is 0 Å². The maximum Gasteiger partial charge on any atom is 0.307 e. The van der Waals surface area contributed by atoms with Crippen molar-refractivity contribution < 1.29 is 24.2 Å². The standard InChI is InChI=1S/C21H27FO4/c1-11-8-15-14-5-4-12-9-13(23)6-7-20(12,3)21(14,22)16(24)10-19(15,2)17(11)18(25)26/h6-7,9,11,14-17,24H,4-5,8,10H2,1-3H3,(H,25,26). The zero-order valence-corrected chi connectivity index (χ0v) is 15.5. The quantitative estimate of drug-likeness (QED) is 0.750. The largest absolute Gasteiger partial charge is 0.481 e. The van der Waals surface area contributed by atoms with Gasteiger partial charge in [0.2, 0.25) is 0 Å². The lowest BCUT2D eigenvalue weighted by Gasteiger charge is -2.61. The number of carbonyl (C=O) groups excluding carboxylic acids is 1. The molecule has 4 aliphatic carbocycles. The van der Waals surface area contributed by atoms with Crippen LogP contribution in [-0.4, -0.2) is 33.7 Å². The van der Waals surface area contributed by atoms with Gasteiger partial charge in [-0.05, 0) is 62.0 Å². The highest BCUT2D eigenvalue weighted by molar-refractivity contribution is 6.01. The summed E-state index contributed by atoms with van der Waals surface area (Å²) in [7, 11) is 0. The first-order valence-electron chi connectivity index (χ1n) is 9.59. The van der Waals surface area contributed by atoms with Gasteiger partial charge < -0.3 is 10.2 Å². The number of aliphatic hydroxyl groups excluding tert-OH is 1. The second-order valence-electron chi connectivity index (χ2n) is 9.38. The Morgan fingerprint density at radius 3 is 2.65 bits per heavy atom. The monoisotopic (exact) mass is 362 g/mol. The Morgan fingerprint density at radius 2 is 2.00 bits per heavy atom. The van der Waals surface area contributed by atoms with E-state index in [0.717, 1.165) is 5.57 Å². The van der Waals surface area contributed by atoms with Crippen LogP contribution in [0.25, 0.3) is 0 Å². The molecule has 142 valence electrons. The number of alkyl halides is 1. The normalized spacial score (nSPS) is 52.7. The van der Waals surface area contributed by atoms with E-state index in [0.29, 0.717) is 19.3 Å². The second kappa shape index (κ2) is 5.28. The fourth-order valence-electron chi connectivity index (χ4n) is 7.10. The molecule has 0 amide bonds. The molecule has 0 aliphatic heterocycles. The van der Waals surface area contributed by atoms with Crippen molar-refractivity contribution in [1.82, 2.24) is 0 Å². The summed E-state index contributed by atoms with van der Waals surface area (Å²) in [6.45, 7) is 5.65. The second-order valence-corrected chi connectivity index (χ2v) is 9.38. The molecule has 0 bridgehead atoms. The zero-order chi connectivity index (χ0) is 19.1. The average Bonchev–Trinajstić information content (AvgIpc) is 2.80. The maximum atomic E-state index is 16.7.